The van der Waals surface area contributed by atoms with Gasteiger partial charge in [0.1, 0.15) is 0 Å². The van der Waals surface area contributed by atoms with Crippen LogP contribution in [-0.2, 0) is 0 Å². The molecule has 0 saturated carbocycles. The highest BCUT2D eigenvalue weighted by Crippen LogP contribution is 2.38. The molecule has 0 aliphatic heterocycles. The molecule has 1 nitrogen and oxygen atoms in total. The molecule has 0 N–H and O–H groups in total. The third kappa shape index (κ3) is 2.98. The Morgan fingerprint density at radius 2 is 1.46 bits per heavy atom. The van der Waals surface area contributed by atoms with Crippen LogP contribution >= 0.6 is 0 Å². The van der Waals surface area contributed by atoms with Gasteiger partial charge in [-0.3, -0.25) is 0 Å². The third-order valence-corrected chi connectivity index (χ3v) is 3.93. The number of nitrogens with zero attached hydrogens (tertiary/aromatic N) is 1. The van der Waals surface area contributed by atoms with E-state index >= 15 is 0 Å². The molecule has 0 aliphatic rings. The van der Waals surface area contributed by atoms with Crippen LogP contribution in [0.15, 0.2) is 0 Å². The molecule has 0 unspecified atom stereocenters. The lowest BCUT2D eigenvalue weighted by molar-refractivity contribution is 0.0420. The fourth-order valence-electron chi connectivity index (χ4n) is 1.53. The second-order valence-electron chi connectivity index (χ2n) is 5.44. The summed E-state index contributed by atoms with van der Waals surface area (Å²) in [7, 11) is 4.35. The maximum Gasteiger partial charge on any atom is 0.0198 e. The summed E-state index contributed by atoms with van der Waals surface area (Å²) in [5.41, 5.74) is 0.675. The maximum atomic E-state index is 2.38. The molecule has 0 aromatic carbocycles. The summed E-state index contributed by atoms with van der Waals surface area (Å²) in [5, 5.41) is 0. The average molecular weight is 185 g/mol. The standard InChI is InChI=1S/C12H27N/c1-8-9-10-11(2,3)12(4,5)13(6)7/h8-10H2,1-7H3. The van der Waals surface area contributed by atoms with Crippen LogP contribution in [0.3, 0.4) is 0 Å². The predicted molar refractivity (Wildman–Crippen MR) is 61.1 cm³/mol. The number of hydrogen-bond acceptors (Lipinski definition) is 1. The zero-order chi connectivity index (χ0) is 10.7. The third-order valence-electron chi connectivity index (χ3n) is 3.93. The first-order chi connectivity index (χ1) is 5.75. The van der Waals surface area contributed by atoms with E-state index in [4.69, 9.17) is 0 Å². The van der Waals surface area contributed by atoms with Crippen LogP contribution in [0.1, 0.15) is 53.9 Å². The van der Waals surface area contributed by atoms with E-state index in [1.54, 1.807) is 0 Å². The Balaban J connectivity index is 4.41. The molecule has 0 bridgehead atoms. The van der Waals surface area contributed by atoms with Crippen molar-refractivity contribution in [2.24, 2.45) is 5.41 Å². The monoisotopic (exact) mass is 185 g/mol. The quantitative estimate of drug-likeness (QED) is 0.633. The highest BCUT2D eigenvalue weighted by atomic mass is 15.1. The largest absolute Gasteiger partial charge is 0.304 e. The molecule has 0 heterocycles. The molecule has 13 heavy (non-hydrogen) atoms. The molecule has 1 heteroatoms. The minimum absolute atomic E-state index is 0.280. The zero-order valence-electron chi connectivity index (χ0n) is 10.6. The summed E-state index contributed by atoms with van der Waals surface area (Å²) < 4.78 is 0. The second kappa shape index (κ2) is 4.45. The van der Waals surface area contributed by atoms with E-state index in [0.29, 0.717) is 5.41 Å². The summed E-state index contributed by atoms with van der Waals surface area (Å²) in [6, 6.07) is 0. The number of hydrogen-bond donors (Lipinski definition) is 0. The van der Waals surface area contributed by atoms with Crippen LogP contribution in [-0.4, -0.2) is 24.5 Å². The molecule has 0 rings (SSSR count). The fourth-order valence-corrected chi connectivity index (χ4v) is 1.53. The van der Waals surface area contributed by atoms with Gasteiger partial charge < -0.3 is 4.90 Å². The van der Waals surface area contributed by atoms with Crippen molar-refractivity contribution in [2.75, 3.05) is 14.1 Å². The van der Waals surface area contributed by atoms with Crippen LogP contribution < -0.4 is 0 Å². The smallest absolute Gasteiger partial charge is 0.0198 e. The van der Waals surface area contributed by atoms with Gasteiger partial charge >= 0.3 is 0 Å². The summed E-state index contributed by atoms with van der Waals surface area (Å²) in [4.78, 5) is 2.34. The Kier molecular flexibility index (Phi) is 4.44. The van der Waals surface area contributed by atoms with Crippen LogP contribution in [0.4, 0.5) is 0 Å². The summed E-state index contributed by atoms with van der Waals surface area (Å²) in [6.07, 6.45) is 3.95. The maximum absolute atomic E-state index is 2.38. The fraction of sp³-hybridized carbons (Fsp3) is 1.00. The lowest BCUT2D eigenvalue weighted by Crippen LogP contribution is -2.50. The van der Waals surface area contributed by atoms with Gasteiger partial charge in [-0.25, -0.2) is 0 Å². The first-order valence-corrected chi connectivity index (χ1v) is 5.43. The van der Waals surface area contributed by atoms with Gasteiger partial charge in [-0.1, -0.05) is 33.6 Å². The summed E-state index contributed by atoms with van der Waals surface area (Å²) >= 11 is 0. The van der Waals surface area contributed by atoms with E-state index in [1.165, 1.54) is 19.3 Å². The van der Waals surface area contributed by atoms with Gasteiger partial charge in [0.15, 0.2) is 0 Å². The topological polar surface area (TPSA) is 3.24 Å². The molecular formula is C12H27N. The Labute approximate surface area is 84.5 Å². The van der Waals surface area contributed by atoms with Crippen molar-refractivity contribution in [3.05, 3.63) is 0 Å². The molecular weight excluding hydrogens is 158 g/mol. The van der Waals surface area contributed by atoms with Crippen molar-refractivity contribution in [3.63, 3.8) is 0 Å². The van der Waals surface area contributed by atoms with Crippen molar-refractivity contribution >= 4 is 0 Å². The van der Waals surface area contributed by atoms with Crippen LogP contribution in [0, 0.1) is 5.41 Å². The van der Waals surface area contributed by atoms with Gasteiger partial charge in [-0.15, -0.1) is 0 Å². The first kappa shape index (κ1) is 13.0. The molecule has 0 atom stereocenters. The molecule has 0 aromatic heterocycles. The van der Waals surface area contributed by atoms with Crippen molar-refractivity contribution in [1.82, 2.24) is 4.90 Å². The first-order valence-electron chi connectivity index (χ1n) is 5.43. The molecule has 0 aliphatic carbocycles. The van der Waals surface area contributed by atoms with E-state index in [0.717, 1.165) is 0 Å². The van der Waals surface area contributed by atoms with Gasteiger partial charge in [-0.05, 0) is 39.8 Å². The average Bonchev–Trinajstić information content (AvgIpc) is 2.00. The van der Waals surface area contributed by atoms with Crippen LogP contribution in [0.25, 0.3) is 0 Å². The Hall–Kier alpha value is -0.0400. The lowest BCUT2D eigenvalue weighted by atomic mass is 9.70. The van der Waals surface area contributed by atoms with Gasteiger partial charge in [0.05, 0.1) is 0 Å². The molecule has 0 aromatic rings. The minimum atomic E-state index is 0.280. The lowest BCUT2D eigenvalue weighted by Gasteiger charge is -2.46. The molecule has 0 spiro atoms. The molecule has 0 amide bonds. The van der Waals surface area contributed by atoms with E-state index in [9.17, 15) is 0 Å². The number of unbranched alkanes of at least 4 members (excludes halogenated alkanes) is 1. The van der Waals surface area contributed by atoms with Crippen molar-refractivity contribution in [2.45, 2.75) is 59.4 Å². The molecule has 0 fully saturated rings. The molecule has 0 saturated heterocycles. The van der Waals surface area contributed by atoms with Gasteiger partial charge in [-0.2, -0.15) is 0 Å². The van der Waals surface area contributed by atoms with Crippen molar-refractivity contribution in [3.8, 4) is 0 Å². The highest BCUT2D eigenvalue weighted by molar-refractivity contribution is 4.92. The second-order valence-corrected chi connectivity index (χ2v) is 5.44. The Bertz CT molecular complexity index is 145. The molecule has 80 valence electrons. The highest BCUT2D eigenvalue weighted by Gasteiger charge is 2.37. The Morgan fingerprint density at radius 1 is 1.00 bits per heavy atom. The van der Waals surface area contributed by atoms with Crippen molar-refractivity contribution in [1.29, 1.82) is 0 Å². The number of rotatable bonds is 5. The minimum Gasteiger partial charge on any atom is -0.304 e. The normalized spacial score (nSPS) is 13.8. The van der Waals surface area contributed by atoms with Gasteiger partial charge in [0.25, 0.3) is 0 Å². The SMILES string of the molecule is CCCCC(C)(C)C(C)(C)N(C)C. The predicted octanol–water partition coefficient (Wildman–Crippen LogP) is 3.54. The van der Waals surface area contributed by atoms with E-state index in [2.05, 4.69) is 53.6 Å². The summed E-state index contributed by atoms with van der Waals surface area (Å²) in [6.45, 7) is 11.7. The zero-order valence-corrected chi connectivity index (χ0v) is 10.6. The summed E-state index contributed by atoms with van der Waals surface area (Å²) in [5.74, 6) is 0. The molecule has 0 radical (unpaired) electrons. The van der Waals surface area contributed by atoms with Crippen LogP contribution in [0.2, 0.25) is 0 Å². The van der Waals surface area contributed by atoms with Gasteiger partial charge in [0, 0.05) is 5.54 Å². The van der Waals surface area contributed by atoms with E-state index < -0.39 is 0 Å². The Morgan fingerprint density at radius 3 is 1.77 bits per heavy atom. The van der Waals surface area contributed by atoms with E-state index in [-0.39, 0.29) is 5.54 Å². The van der Waals surface area contributed by atoms with E-state index in [1.807, 2.05) is 0 Å². The van der Waals surface area contributed by atoms with Crippen LogP contribution in [0.5, 0.6) is 0 Å². The van der Waals surface area contributed by atoms with Crippen molar-refractivity contribution < 1.29 is 0 Å². The van der Waals surface area contributed by atoms with Gasteiger partial charge in [0.2, 0.25) is 0 Å².